The van der Waals surface area contributed by atoms with E-state index in [2.05, 4.69) is 0 Å². The van der Waals surface area contributed by atoms with E-state index in [9.17, 15) is 14.4 Å². The molecule has 6 heteroatoms. The zero-order valence-corrected chi connectivity index (χ0v) is 8.61. The summed E-state index contributed by atoms with van der Waals surface area (Å²) in [7, 11) is 0. The van der Waals surface area contributed by atoms with Crippen LogP contribution in [0.3, 0.4) is 0 Å². The lowest BCUT2D eigenvalue weighted by molar-refractivity contribution is -0.240. The summed E-state index contributed by atoms with van der Waals surface area (Å²) in [4.78, 5) is 33.2. The number of esters is 2. The summed E-state index contributed by atoms with van der Waals surface area (Å²) in [6.07, 6.45) is -0.0155. The number of amides is 1. The van der Waals surface area contributed by atoms with Crippen LogP contribution in [0.2, 0.25) is 0 Å². The summed E-state index contributed by atoms with van der Waals surface area (Å²) in [6.45, 7) is 2.93. The number of hydrogen-bond donors (Lipinski definition) is 1. The molecule has 1 heterocycles. The molecule has 0 aliphatic carbocycles. The van der Waals surface area contributed by atoms with Crippen molar-refractivity contribution in [1.82, 2.24) is 0 Å². The standard InChI is InChI=1S/C9H13NO5/c1-9(2)14-7(12)5(8(13)15-9)3-4-6(10)11/h5H,3-4H2,1-2H3,(H2,10,11). The molecule has 15 heavy (non-hydrogen) atoms. The molecule has 1 aliphatic rings. The van der Waals surface area contributed by atoms with Crippen molar-refractivity contribution < 1.29 is 23.9 Å². The molecule has 1 fully saturated rings. The van der Waals surface area contributed by atoms with Gasteiger partial charge in [-0.3, -0.25) is 14.4 Å². The van der Waals surface area contributed by atoms with E-state index in [1.165, 1.54) is 13.8 Å². The topological polar surface area (TPSA) is 95.7 Å². The van der Waals surface area contributed by atoms with Gasteiger partial charge in [0, 0.05) is 20.3 Å². The minimum absolute atomic E-state index is 0.0308. The maximum Gasteiger partial charge on any atom is 0.323 e. The van der Waals surface area contributed by atoms with Crippen molar-refractivity contribution in [3.05, 3.63) is 0 Å². The Morgan fingerprint density at radius 2 is 1.80 bits per heavy atom. The zero-order chi connectivity index (χ0) is 11.6. The van der Waals surface area contributed by atoms with Crippen LogP contribution in [-0.4, -0.2) is 23.6 Å². The number of carbonyl (C=O) groups is 3. The van der Waals surface area contributed by atoms with Gasteiger partial charge in [0.25, 0.3) is 5.79 Å². The van der Waals surface area contributed by atoms with Crippen molar-refractivity contribution in [2.75, 3.05) is 0 Å². The molecule has 0 atom stereocenters. The van der Waals surface area contributed by atoms with E-state index in [0.717, 1.165) is 0 Å². The summed E-state index contributed by atoms with van der Waals surface area (Å²) in [5.74, 6) is -4.17. The predicted molar refractivity (Wildman–Crippen MR) is 48.2 cm³/mol. The van der Waals surface area contributed by atoms with Crippen LogP contribution in [0.15, 0.2) is 0 Å². The molecule has 1 aliphatic heterocycles. The monoisotopic (exact) mass is 215 g/mol. The zero-order valence-electron chi connectivity index (χ0n) is 8.61. The lowest BCUT2D eigenvalue weighted by atomic mass is 10.0. The van der Waals surface area contributed by atoms with E-state index in [-0.39, 0.29) is 12.8 Å². The van der Waals surface area contributed by atoms with Crippen LogP contribution in [0.1, 0.15) is 26.7 Å². The van der Waals surface area contributed by atoms with E-state index < -0.39 is 29.6 Å². The van der Waals surface area contributed by atoms with E-state index in [1.54, 1.807) is 0 Å². The molecule has 0 unspecified atom stereocenters. The van der Waals surface area contributed by atoms with Gasteiger partial charge in [0.15, 0.2) is 5.92 Å². The molecule has 1 amide bonds. The van der Waals surface area contributed by atoms with Gasteiger partial charge in [-0.05, 0) is 6.42 Å². The summed E-state index contributed by atoms with van der Waals surface area (Å²) in [5.41, 5.74) is 4.91. The number of rotatable bonds is 3. The Morgan fingerprint density at radius 3 is 2.20 bits per heavy atom. The van der Waals surface area contributed by atoms with Gasteiger partial charge in [-0.25, -0.2) is 0 Å². The molecule has 84 valence electrons. The highest BCUT2D eigenvalue weighted by Gasteiger charge is 2.42. The van der Waals surface area contributed by atoms with Gasteiger partial charge in [-0.15, -0.1) is 0 Å². The quantitative estimate of drug-likeness (QED) is 0.515. The molecule has 1 rings (SSSR count). The van der Waals surface area contributed by atoms with Crippen molar-refractivity contribution in [2.24, 2.45) is 11.7 Å². The summed E-state index contributed by atoms with van der Waals surface area (Å²) in [5, 5.41) is 0. The predicted octanol–water partition coefficient (Wildman–Crippen LogP) is -0.296. The van der Waals surface area contributed by atoms with Gasteiger partial charge in [0.1, 0.15) is 0 Å². The third-order valence-electron chi connectivity index (χ3n) is 1.94. The smallest absolute Gasteiger partial charge is 0.323 e. The number of primary amides is 1. The first-order chi connectivity index (χ1) is 6.82. The molecule has 1 saturated heterocycles. The lowest BCUT2D eigenvalue weighted by Gasteiger charge is -2.32. The van der Waals surface area contributed by atoms with Crippen molar-refractivity contribution in [2.45, 2.75) is 32.5 Å². The summed E-state index contributed by atoms with van der Waals surface area (Å²) >= 11 is 0. The first kappa shape index (κ1) is 11.5. The van der Waals surface area contributed by atoms with Crippen LogP contribution in [-0.2, 0) is 23.9 Å². The molecule has 0 spiro atoms. The molecular weight excluding hydrogens is 202 g/mol. The Labute approximate surface area is 86.7 Å². The van der Waals surface area contributed by atoms with Gasteiger partial charge in [0.2, 0.25) is 5.91 Å². The number of hydrogen-bond acceptors (Lipinski definition) is 5. The summed E-state index contributed by atoms with van der Waals surface area (Å²) in [6, 6.07) is 0. The van der Waals surface area contributed by atoms with Gasteiger partial charge >= 0.3 is 11.9 Å². The first-order valence-corrected chi connectivity index (χ1v) is 4.56. The molecule has 0 saturated carbocycles. The highest BCUT2D eigenvalue weighted by molar-refractivity contribution is 5.97. The normalized spacial score (nSPS) is 20.7. The molecule has 0 aromatic heterocycles. The number of carbonyl (C=O) groups excluding carboxylic acids is 3. The van der Waals surface area contributed by atoms with Crippen molar-refractivity contribution in [3.8, 4) is 0 Å². The minimum atomic E-state index is -1.22. The Hall–Kier alpha value is -1.59. The van der Waals surface area contributed by atoms with Crippen LogP contribution in [0, 0.1) is 5.92 Å². The van der Waals surface area contributed by atoms with Crippen LogP contribution >= 0.6 is 0 Å². The third-order valence-corrected chi connectivity index (χ3v) is 1.94. The molecule has 2 N–H and O–H groups in total. The van der Waals surface area contributed by atoms with Gasteiger partial charge < -0.3 is 15.2 Å². The van der Waals surface area contributed by atoms with Gasteiger partial charge in [-0.1, -0.05) is 0 Å². The second-order valence-electron chi connectivity index (χ2n) is 3.80. The van der Waals surface area contributed by atoms with Crippen LogP contribution in [0.25, 0.3) is 0 Å². The van der Waals surface area contributed by atoms with Gasteiger partial charge in [0.05, 0.1) is 0 Å². The van der Waals surface area contributed by atoms with E-state index in [1.807, 2.05) is 0 Å². The van der Waals surface area contributed by atoms with Crippen LogP contribution in [0.4, 0.5) is 0 Å². The highest BCUT2D eigenvalue weighted by atomic mass is 16.7. The third kappa shape index (κ3) is 2.93. The van der Waals surface area contributed by atoms with E-state index in [0.29, 0.717) is 0 Å². The largest absolute Gasteiger partial charge is 0.422 e. The van der Waals surface area contributed by atoms with Crippen molar-refractivity contribution >= 4 is 17.8 Å². The lowest BCUT2D eigenvalue weighted by Crippen LogP contribution is -2.46. The maximum atomic E-state index is 11.4. The Bertz CT molecular complexity index is 290. The summed E-state index contributed by atoms with van der Waals surface area (Å²) < 4.78 is 9.71. The number of ether oxygens (including phenoxy) is 2. The average molecular weight is 215 g/mol. The second kappa shape index (κ2) is 3.88. The fourth-order valence-corrected chi connectivity index (χ4v) is 1.27. The molecule has 0 aromatic rings. The minimum Gasteiger partial charge on any atom is -0.422 e. The first-order valence-electron chi connectivity index (χ1n) is 4.56. The van der Waals surface area contributed by atoms with E-state index in [4.69, 9.17) is 15.2 Å². The number of cyclic esters (lactones) is 2. The molecule has 0 bridgehead atoms. The van der Waals surface area contributed by atoms with Crippen molar-refractivity contribution in [3.63, 3.8) is 0 Å². The highest BCUT2D eigenvalue weighted by Crippen LogP contribution is 2.25. The van der Waals surface area contributed by atoms with Crippen LogP contribution < -0.4 is 5.73 Å². The Balaban J connectivity index is 2.63. The molecule has 0 radical (unpaired) electrons. The maximum absolute atomic E-state index is 11.4. The van der Waals surface area contributed by atoms with Crippen LogP contribution in [0.5, 0.6) is 0 Å². The Kier molecular flexibility index (Phi) is 2.97. The SMILES string of the molecule is CC1(C)OC(=O)C(CCC(N)=O)C(=O)O1. The average Bonchev–Trinajstić information content (AvgIpc) is 1.98. The fraction of sp³-hybridized carbons (Fsp3) is 0.667. The number of nitrogens with two attached hydrogens (primary N) is 1. The van der Waals surface area contributed by atoms with E-state index >= 15 is 0 Å². The second-order valence-corrected chi connectivity index (χ2v) is 3.80. The Morgan fingerprint density at radius 1 is 1.33 bits per heavy atom. The molecule has 6 nitrogen and oxygen atoms in total. The van der Waals surface area contributed by atoms with Crippen molar-refractivity contribution in [1.29, 1.82) is 0 Å². The van der Waals surface area contributed by atoms with Gasteiger partial charge in [-0.2, -0.15) is 0 Å². The molecule has 0 aromatic carbocycles. The fourth-order valence-electron chi connectivity index (χ4n) is 1.27. The molecular formula is C9H13NO5.